The van der Waals surface area contributed by atoms with Crippen molar-refractivity contribution in [2.75, 3.05) is 6.61 Å². The molecule has 1 N–H and O–H groups in total. The zero-order valence-electron chi connectivity index (χ0n) is 16.5. The minimum atomic E-state index is -0.211. The molecule has 0 saturated heterocycles. The highest BCUT2D eigenvalue weighted by Gasteiger charge is 2.16. The molecule has 4 rings (SSSR count). The number of nitrogens with zero attached hydrogens (tertiary/aromatic N) is 2. The average molecular weight is 399 g/mol. The quantitative estimate of drug-likeness (QED) is 0.489. The number of ether oxygens (including phenoxy) is 1. The van der Waals surface area contributed by atoms with Crippen molar-refractivity contribution in [1.29, 1.82) is 0 Å². The lowest BCUT2D eigenvalue weighted by atomic mass is 10.1. The van der Waals surface area contributed by atoms with Gasteiger partial charge in [-0.3, -0.25) is 4.79 Å². The van der Waals surface area contributed by atoms with Crippen molar-refractivity contribution in [2.45, 2.75) is 13.0 Å². The Bertz CT molecular complexity index is 1110. The molecule has 4 aromatic rings. The number of para-hydroxylation sites is 1. The van der Waals surface area contributed by atoms with E-state index in [1.54, 1.807) is 6.07 Å². The molecule has 0 spiro atoms. The van der Waals surface area contributed by atoms with E-state index in [0.717, 1.165) is 11.1 Å². The largest absolute Gasteiger partial charge is 0.483 e. The summed E-state index contributed by atoms with van der Waals surface area (Å²) in [4.78, 5) is 16.8. The van der Waals surface area contributed by atoms with Crippen molar-refractivity contribution in [3.05, 3.63) is 90.5 Å². The molecule has 0 bridgehead atoms. The van der Waals surface area contributed by atoms with Crippen molar-refractivity contribution in [3.63, 3.8) is 0 Å². The Morgan fingerprint density at radius 2 is 1.63 bits per heavy atom. The third-order valence-electron chi connectivity index (χ3n) is 4.61. The molecule has 1 heterocycles. The Morgan fingerprint density at radius 1 is 0.967 bits per heavy atom. The van der Waals surface area contributed by atoms with Gasteiger partial charge in [0.25, 0.3) is 11.8 Å². The van der Waals surface area contributed by atoms with Crippen LogP contribution in [0.5, 0.6) is 5.75 Å². The summed E-state index contributed by atoms with van der Waals surface area (Å²) in [6, 6.07) is 26.5. The van der Waals surface area contributed by atoms with Gasteiger partial charge in [-0.2, -0.15) is 4.98 Å². The topological polar surface area (TPSA) is 77.2 Å². The monoisotopic (exact) mass is 399 g/mol. The second-order valence-corrected chi connectivity index (χ2v) is 6.77. The summed E-state index contributed by atoms with van der Waals surface area (Å²) in [5.41, 5.74) is 2.53. The Balaban J connectivity index is 1.44. The fourth-order valence-electron chi connectivity index (χ4n) is 3.06. The molecular weight excluding hydrogens is 378 g/mol. The number of benzene rings is 3. The average Bonchev–Trinajstić information content (AvgIpc) is 3.29. The van der Waals surface area contributed by atoms with Crippen molar-refractivity contribution < 1.29 is 14.1 Å². The third-order valence-corrected chi connectivity index (χ3v) is 4.61. The Hall–Kier alpha value is -3.93. The van der Waals surface area contributed by atoms with Crippen LogP contribution in [0.4, 0.5) is 0 Å². The molecule has 0 aliphatic rings. The Morgan fingerprint density at radius 3 is 2.40 bits per heavy atom. The molecule has 1 aromatic heterocycles. The van der Waals surface area contributed by atoms with E-state index in [0.29, 0.717) is 23.0 Å². The van der Waals surface area contributed by atoms with Crippen molar-refractivity contribution in [3.8, 4) is 28.6 Å². The first-order chi connectivity index (χ1) is 14.7. The van der Waals surface area contributed by atoms with Crippen LogP contribution in [0, 0.1) is 0 Å². The van der Waals surface area contributed by atoms with Crippen LogP contribution in [0.2, 0.25) is 0 Å². The molecule has 0 aliphatic carbocycles. The van der Waals surface area contributed by atoms with Crippen LogP contribution in [0.25, 0.3) is 22.8 Å². The second-order valence-electron chi connectivity index (χ2n) is 6.77. The van der Waals surface area contributed by atoms with Gasteiger partial charge in [0.05, 0.1) is 11.6 Å². The van der Waals surface area contributed by atoms with Crippen molar-refractivity contribution >= 4 is 5.91 Å². The molecule has 3 aromatic carbocycles. The summed E-state index contributed by atoms with van der Waals surface area (Å²) >= 11 is 0. The van der Waals surface area contributed by atoms with E-state index in [9.17, 15) is 4.79 Å². The van der Waals surface area contributed by atoms with Gasteiger partial charge in [-0.15, -0.1) is 0 Å². The summed E-state index contributed by atoms with van der Waals surface area (Å²) in [6.07, 6.45) is 0. The maximum absolute atomic E-state index is 12.3. The minimum Gasteiger partial charge on any atom is -0.483 e. The van der Waals surface area contributed by atoms with Gasteiger partial charge in [0.2, 0.25) is 5.82 Å². The van der Waals surface area contributed by atoms with Crippen LogP contribution in [0.3, 0.4) is 0 Å². The van der Waals surface area contributed by atoms with Gasteiger partial charge in [0.15, 0.2) is 6.61 Å². The van der Waals surface area contributed by atoms with Crippen LogP contribution >= 0.6 is 0 Å². The van der Waals surface area contributed by atoms with Crippen LogP contribution in [0.15, 0.2) is 89.5 Å². The number of rotatable bonds is 7. The summed E-state index contributed by atoms with van der Waals surface area (Å²) in [5.74, 6) is 1.12. The molecule has 6 heteroatoms. The number of carbonyl (C=O) groups excluding carboxylic acids is 1. The number of aromatic nitrogens is 2. The first kappa shape index (κ1) is 19.4. The molecule has 0 unspecified atom stereocenters. The smallest absolute Gasteiger partial charge is 0.262 e. The number of amides is 1. The van der Waals surface area contributed by atoms with Gasteiger partial charge in [-0.05, 0) is 24.6 Å². The van der Waals surface area contributed by atoms with Crippen molar-refractivity contribution in [1.82, 2.24) is 15.5 Å². The van der Waals surface area contributed by atoms with Gasteiger partial charge in [-0.25, -0.2) is 0 Å². The van der Waals surface area contributed by atoms with E-state index >= 15 is 0 Å². The molecule has 6 nitrogen and oxygen atoms in total. The van der Waals surface area contributed by atoms with E-state index in [4.69, 9.17) is 9.26 Å². The predicted octanol–water partition coefficient (Wildman–Crippen LogP) is 4.66. The van der Waals surface area contributed by atoms with Gasteiger partial charge < -0.3 is 14.6 Å². The number of hydrogen-bond donors (Lipinski definition) is 1. The van der Waals surface area contributed by atoms with E-state index in [1.165, 1.54) is 0 Å². The zero-order chi connectivity index (χ0) is 20.8. The highest BCUT2D eigenvalue weighted by atomic mass is 16.5. The molecule has 0 radical (unpaired) electrons. The molecule has 0 saturated carbocycles. The lowest BCUT2D eigenvalue weighted by molar-refractivity contribution is -0.123. The Kier molecular flexibility index (Phi) is 5.85. The number of carbonyl (C=O) groups is 1. The van der Waals surface area contributed by atoms with Crippen LogP contribution in [-0.2, 0) is 4.79 Å². The van der Waals surface area contributed by atoms with E-state index in [1.807, 2.05) is 85.8 Å². The van der Waals surface area contributed by atoms with Gasteiger partial charge in [0.1, 0.15) is 5.75 Å². The summed E-state index contributed by atoms with van der Waals surface area (Å²) in [6.45, 7) is 1.82. The predicted molar refractivity (Wildman–Crippen MR) is 114 cm³/mol. The molecule has 0 aliphatic heterocycles. The second kappa shape index (κ2) is 9.05. The van der Waals surface area contributed by atoms with Gasteiger partial charge in [-0.1, -0.05) is 78.0 Å². The molecule has 1 amide bonds. The van der Waals surface area contributed by atoms with E-state index < -0.39 is 0 Å². The highest BCUT2D eigenvalue weighted by Crippen LogP contribution is 2.30. The minimum absolute atomic E-state index is 0.109. The molecule has 1 atom stereocenters. The third kappa shape index (κ3) is 4.55. The first-order valence-electron chi connectivity index (χ1n) is 9.66. The summed E-state index contributed by atoms with van der Waals surface area (Å²) in [7, 11) is 0. The molecular formula is C24H21N3O3. The normalized spacial score (nSPS) is 11.6. The van der Waals surface area contributed by atoms with E-state index in [-0.39, 0.29) is 18.6 Å². The van der Waals surface area contributed by atoms with Crippen molar-refractivity contribution in [2.24, 2.45) is 0 Å². The lowest BCUT2D eigenvalue weighted by Crippen LogP contribution is -2.31. The van der Waals surface area contributed by atoms with Crippen LogP contribution in [0.1, 0.15) is 18.5 Å². The lowest BCUT2D eigenvalue weighted by Gasteiger charge is -2.15. The number of nitrogens with one attached hydrogen (secondary N) is 1. The van der Waals surface area contributed by atoms with Crippen LogP contribution in [-0.4, -0.2) is 22.7 Å². The fraction of sp³-hybridized carbons (Fsp3) is 0.125. The standard InChI is InChI=1S/C24H21N3O3/c1-17(18-10-4-2-5-11-18)25-22(28)16-29-21-15-9-8-14-20(21)24-26-23(27-30-24)19-12-6-3-7-13-19/h2-15,17H,16H2,1H3,(H,25,28)/t17-/m0/s1. The summed E-state index contributed by atoms with van der Waals surface area (Å²) < 4.78 is 11.2. The SMILES string of the molecule is C[C@H](NC(=O)COc1ccccc1-c1nc(-c2ccccc2)no1)c1ccccc1. The summed E-state index contributed by atoms with van der Waals surface area (Å²) in [5, 5.41) is 6.99. The van der Waals surface area contributed by atoms with Crippen LogP contribution < -0.4 is 10.1 Å². The number of hydrogen-bond acceptors (Lipinski definition) is 5. The molecule has 30 heavy (non-hydrogen) atoms. The van der Waals surface area contributed by atoms with Gasteiger partial charge >= 0.3 is 0 Å². The zero-order valence-corrected chi connectivity index (χ0v) is 16.5. The maximum Gasteiger partial charge on any atom is 0.262 e. The molecule has 150 valence electrons. The Labute approximate surface area is 174 Å². The fourth-order valence-corrected chi connectivity index (χ4v) is 3.06. The molecule has 0 fully saturated rings. The highest BCUT2D eigenvalue weighted by molar-refractivity contribution is 5.78. The first-order valence-corrected chi connectivity index (χ1v) is 9.66. The van der Waals surface area contributed by atoms with E-state index in [2.05, 4.69) is 15.5 Å². The maximum atomic E-state index is 12.3. The van der Waals surface area contributed by atoms with Gasteiger partial charge in [0, 0.05) is 5.56 Å².